The molecule has 3 nitrogen and oxygen atoms in total. The van der Waals surface area contributed by atoms with Gasteiger partial charge in [-0.3, -0.25) is 4.79 Å². The summed E-state index contributed by atoms with van der Waals surface area (Å²) in [5, 5.41) is -1.29. The van der Waals surface area contributed by atoms with Gasteiger partial charge in [-0.25, -0.2) is 13.8 Å². The highest BCUT2D eigenvalue weighted by atomic mass is 35.5. The van der Waals surface area contributed by atoms with Crippen LogP contribution >= 0.6 is 23.2 Å². The second kappa shape index (κ2) is 4.06. The van der Waals surface area contributed by atoms with Crippen LogP contribution in [0.5, 0.6) is 0 Å². The Morgan fingerprint density at radius 2 is 2.14 bits per heavy atom. The molecule has 14 heavy (non-hydrogen) atoms. The van der Waals surface area contributed by atoms with E-state index in [2.05, 4.69) is 4.98 Å². The Morgan fingerprint density at radius 3 is 2.57 bits per heavy atom. The number of aromatic nitrogens is 1. The maximum absolute atomic E-state index is 12.2. The fraction of sp³-hybridized carbons (Fsp3) is 0.143. The zero-order chi connectivity index (χ0) is 10.9. The topological polar surface area (TPSA) is 56.0 Å². The second-order valence-corrected chi connectivity index (χ2v) is 3.09. The monoisotopic (exact) mass is 240 g/mol. The first-order chi connectivity index (χ1) is 6.45. The number of pyridine rings is 1. The number of carbonyl (C=O) groups is 1. The van der Waals surface area contributed by atoms with Crippen molar-refractivity contribution in [3.63, 3.8) is 0 Å². The van der Waals surface area contributed by atoms with Gasteiger partial charge in [-0.2, -0.15) is 0 Å². The number of anilines is 1. The van der Waals surface area contributed by atoms with Crippen LogP contribution < -0.4 is 5.73 Å². The number of nitrogens with two attached hydrogens (primary N) is 1. The molecule has 0 fully saturated rings. The lowest BCUT2D eigenvalue weighted by atomic mass is 10.2. The van der Waals surface area contributed by atoms with Crippen molar-refractivity contribution < 1.29 is 13.6 Å². The number of nitrogens with zero attached hydrogens (tertiary/aromatic N) is 1. The van der Waals surface area contributed by atoms with Gasteiger partial charge in [0, 0.05) is 6.20 Å². The summed E-state index contributed by atoms with van der Waals surface area (Å²) in [5.41, 5.74) is 4.04. The van der Waals surface area contributed by atoms with Crippen LogP contribution in [0.3, 0.4) is 0 Å². The maximum Gasteiger partial charge on any atom is 0.272 e. The quantitative estimate of drug-likeness (QED) is 0.809. The van der Waals surface area contributed by atoms with Crippen LogP contribution in [0, 0.1) is 0 Å². The number of rotatable bonds is 2. The fourth-order valence-electron chi connectivity index (χ4n) is 0.826. The number of hydrogen-bond acceptors (Lipinski definition) is 3. The molecule has 7 heteroatoms. The molecule has 1 heterocycles. The third-order valence-corrected chi connectivity index (χ3v) is 2.07. The summed E-state index contributed by atoms with van der Waals surface area (Å²) in [6.07, 6.45) is -2.01. The van der Waals surface area contributed by atoms with Crippen LogP contribution in [-0.2, 0) is 0 Å². The summed E-state index contributed by atoms with van der Waals surface area (Å²) in [6.45, 7) is 0. The second-order valence-electron chi connectivity index (χ2n) is 2.36. The summed E-state index contributed by atoms with van der Waals surface area (Å²) in [4.78, 5) is 14.1. The van der Waals surface area contributed by atoms with E-state index in [-0.39, 0.29) is 16.4 Å². The van der Waals surface area contributed by atoms with E-state index < -0.39 is 17.2 Å². The van der Waals surface area contributed by atoms with Crippen LogP contribution in [0.2, 0.25) is 5.02 Å². The molecule has 0 atom stereocenters. The first-order valence-electron chi connectivity index (χ1n) is 3.37. The Labute approximate surface area is 87.8 Å². The molecule has 1 aromatic heterocycles. The molecule has 0 saturated carbocycles. The molecule has 0 bridgehead atoms. The van der Waals surface area contributed by atoms with Gasteiger partial charge in [0.2, 0.25) is 0 Å². The Hall–Kier alpha value is -0.940. The Morgan fingerprint density at radius 1 is 1.57 bits per heavy atom. The van der Waals surface area contributed by atoms with Gasteiger partial charge < -0.3 is 5.73 Å². The highest BCUT2D eigenvalue weighted by Crippen LogP contribution is 2.32. The van der Waals surface area contributed by atoms with Crippen molar-refractivity contribution in [2.45, 2.75) is 6.43 Å². The van der Waals surface area contributed by atoms with E-state index in [0.29, 0.717) is 0 Å². The predicted molar refractivity (Wildman–Crippen MR) is 48.8 cm³/mol. The molecule has 1 aromatic rings. The van der Waals surface area contributed by atoms with E-state index in [9.17, 15) is 13.6 Å². The highest BCUT2D eigenvalue weighted by Gasteiger charge is 2.19. The molecule has 0 aliphatic carbocycles. The minimum absolute atomic E-state index is 0.324. The van der Waals surface area contributed by atoms with Crippen molar-refractivity contribution in [1.82, 2.24) is 4.98 Å². The van der Waals surface area contributed by atoms with E-state index in [4.69, 9.17) is 28.9 Å². The third-order valence-electron chi connectivity index (χ3n) is 1.51. The Kier molecular flexibility index (Phi) is 3.23. The molecular weight excluding hydrogens is 237 g/mol. The number of nitrogen functional groups attached to an aromatic ring is 1. The summed E-state index contributed by atoms with van der Waals surface area (Å²) >= 11 is 10.6. The summed E-state index contributed by atoms with van der Waals surface area (Å²) in [6, 6.07) is 0. The number of hydrogen-bond donors (Lipinski definition) is 1. The number of alkyl halides is 2. The summed E-state index contributed by atoms with van der Waals surface area (Å²) < 4.78 is 24.5. The minimum Gasteiger partial charge on any atom is -0.397 e. The van der Waals surface area contributed by atoms with E-state index in [1.807, 2.05) is 0 Å². The van der Waals surface area contributed by atoms with Crippen molar-refractivity contribution in [2.24, 2.45) is 0 Å². The van der Waals surface area contributed by atoms with Crippen LogP contribution in [0.4, 0.5) is 14.5 Å². The average Bonchev–Trinajstić information content (AvgIpc) is 2.08. The van der Waals surface area contributed by atoms with Crippen molar-refractivity contribution in [2.75, 3.05) is 5.73 Å². The number of carbonyl (C=O) groups excluding carboxylic acids is 1. The largest absolute Gasteiger partial charge is 0.397 e. The molecule has 76 valence electrons. The van der Waals surface area contributed by atoms with Crippen LogP contribution in [-0.4, -0.2) is 10.2 Å². The summed E-state index contributed by atoms with van der Waals surface area (Å²) in [5.74, 6) is 0. The third kappa shape index (κ3) is 1.93. The average molecular weight is 241 g/mol. The van der Waals surface area contributed by atoms with Crippen LogP contribution in [0.25, 0.3) is 0 Å². The van der Waals surface area contributed by atoms with Gasteiger partial charge in [0.05, 0.1) is 16.3 Å². The lowest BCUT2D eigenvalue weighted by Gasteiger charge is -2.07. The molecule has 1 rings (SSSR count). The molecule has 0 aromatic carbocycles. The van der Waals surface area contributed by atoms with Gasteiger partial charge in [-0.05, 0) is 11.6 Å². The number of halogens is 4. The fourth-order valence-corrected chi connectivity index (χ4v) is 1.26. The van der Waals surface area contributed by atoms with Gasteiger partial charge in [0.25, 0.3) is 11.7 Å². The molecule has 0 aliphatic heterocycles. The predicted octanol–water partition coefficient (Wildman–Crippen LogP) is 2.63. The standard InChI is InChI=1S/C7H4Cl2F2N2O/c8-3-4(12)2(7(10)11)1-13-5(3)6(9)14/h1,7H,(H2,12,13). The van der Waals surface area contributed by atoms with Crippen LogP contribution in [0.1, 0.15) is 22.5 Å². The first-order valence-corrected chi connectivity index (χ1v) is 4.12. The Balaban J connectivity index is 3.33. The lowest BCUT2D eigenvalue weighted by molar-refractivity contribution is 0.107. The van der Waals surface area contributed by atoms with Crippen molar-refractivity contribution in [3.05, 3.63) is 22.5 Å². The molecule has 2 N–H and O–H groups in total. The summed E-state index contributed by atoms with van der Waals surface area (Å²) in [7, 11) is 0. The van der Waals surface area contributed by atoms with Crippen molar-refractivity contribution in [1.29, 1.82) is 0 Å². The van der Waals surface area contributed by atoms with Crippen LogP contribution in [0.15, 0.2) is 6.20 Å². The normalized spacial score (nSPS) is 10.6. The van der Waals surface area contributed by atoms with Crippen molar-refractivity contribution in [3.8, 4) is 0 Å². The van der Waals surface area contributed by atoms with Gasteiger partial charge in [0.1, 0.15) is 5.69 Å². The molecule has 0 unspecified atom stereocenters. The van der Waals surface area contributed by atoms with E-state index in [1.165, 1.54) is 0 Å². The molecule has 0 aliphatic rings. The highest BCUT2D eigenvalue weighted by molar-refractivity contribution is 6.68. The maximum atomic E-state index is 12.2. The van der Waals surface area contributed by atoms with Gasteiger partial charge in [0.15, 0.2) is 0 Å². The molecule has 0 spiro atoms. The first kappa shape index (κ1) is 11.1. The van der Waals surface area contributed by atoms with E-state index in [1.54, 1.807) is 0 Å². The zero-order valence-electron chi connectivity index (χ0n) is 6.60. The van der Waals surface area contributed by atoms with Gasteiger partial charge >= 0.3 is 0 Å². The lowest BCUT2D eigenvalue weighted by Crippen LogP contribution is -2.03. The minimum atomic E-state index is -2.79. The molecule has 0 saturated heterocycles. The van der Waals surface area contributed by atoms with Crippen molar-refractivity contribution >= 4 is 34.1 Å². The SMILES string of the molecule is Nc1c(C(F)F)cnc(C(=O)Cl)c1Cl. The smallest absolute Gasteiger partial charge is 0.272 e. The zero-order valence-corrected chi connectivity index (χ0v) is 8.11. The molecule has 0 radical (unpaired) electrons. The Bertz CT molecular complexity index is 384. The van der Waals surface area contributed by atoms with E-state index in [0.717, 1.165) is 6.20 Å². The van der Waals surface area contributed by atoms with Gasteiger partial charge in [-0.15, -0.1) is 0 Å². The molecule has 0 amide bonds. The van der Waals surface area contributed by atoms with Gasteiger partial charge in [-0.1, -0.05) is 11.6 Å². The van der Waals surface area contributed by atoms with E-state index >= 15 is 0 Å². The molecular formula is C7H4Cl2F2N2O.